The Kier molecular flexibility index (Phi) is 6.97. The van der Waals surface area contributed by atoms with Gasteiger partial charge in [-0.3, -0.25) is 0 Å². The molecule has 0 atom stereocenters. The van der Waals surface area contributed by atoms with Gasteiger partial charge in [0.1, 0.15) is 0 Å². The Morgan fingerprint density at radius 1 is 0.185 bits per heavy atom. The van der Waals surface area contributed by atoms with Crippen LogP contribution in [0.2, 0.25) is 0 Å². The fourth-order valence-corrected chi connectivity index (χ4v) is 8.85. The molecule has 0 aliphatic carbocycles. The van der Waals surface area contributed by atoms with Crippen LogP contribution in [-0.4, -0.2) is 0 Å². The first-order chi connectivity index (χ1) is 26.8. The van der Waals surface area contributed by atoms with Gasteiger partial charge in [0.15, 0.2) is 0 Å². The molecule has 0 aliphatic rings. The summed E-state index contributed by atoms with van der Waals surface area (Å²) in [6, 6.07) is 76.1. The van der Waals surface area contributed by atoms with Gasteiger partial charge in [-0.05, 0) is 128 Å². The molecule has 11 aromatic rings. The first kappa shape index (κ1) is 30.6. The molecule has 0 nitrogen and oxygen atoms in total. The van der Waals surface area contributed by atoms with Crippen LogP contribution in [-0.2, 0) is 0 Å². The molecule has 250 valence electrons. The van der Waals surface area contributed by atoms with Gasteiger partial charge in [0.05, 0.1) is 0 Å². The van der Waals surface area contributed by atoms with E-state index in [1.807, 2.05) is 0 Å². The standard InChI is InChI=1S/C54H34/c1-3-13-37(14-4-1)49-33-51(40-25-23-39(24-26-40)44-21-11-19-36-17-9-10-20-43(36)44)47-29-28-46-50(38-15-5-2-6-16-38)34-52(48-31-30-45(49)53(47)54(46)48)42-27-22-35-12-7-8-18-41(35)32-42/h1-34H. The Hall–Kier alpha value is -7.02. The van der Waals surface area contributed by atoms with E-state index in [0.717, 1.165) is 0 Å². The summed E-state index contributed by atoms with van der Waals surface area (Å²) in [6.07, 6.45) is 0. The van der Waals surface area contributed by atoms with Gasteiger partial charge < -0.3 is 0 Å². The van der Waals surface area contributed by atoms with Crippen molar-refractivity contribution in [1.82, 2.24) is 0 Å². The lowest BCUT2D eigenvalue weighted by Gasteiger charge is -2.21. The molecule has 0 amide bonds. The Labute approximate surface area is 314 Å². The van der Waals surface area contributed by atoms with E-state index in [2.05, 4.69) is 206 Å². The van der Waals surface area contributed by atoms with Gasteiger partial charge in [-0.25, -0.2) is 0 Å². The fourth-order valence-electron chi connectivity index (χ4n) is 8.85. The van der Waals surface area contributed by atoms with E-state index < -0.39 is 0 Å². The summed E-state index contributed by atoms with van der Waals surface area (Å²) in [5.41, 5.74) is 12.4. The summed E-state index contributed by atoms with van der Waals surface area (Å²) in [7, 11) is 0. The minimum absolute atomic E-state index is 1.21. The highest BCUT2D eigenvalue weighted by Crippen LogP contribution is 2.48. The van der Waals surface area contributed by atoms with Crippen LogP contribution >= 0.6 is 0 Å². The van der Waals surface area contributed by atoms with Crippen molar-refractivity contribution in [1.29, 1.82) is 0 Å². The first-order valence-corrected chi connectivity index (χ1v) is 18.8. The third kappa shape index (κ3) is 4.85. The topological polar surface area (TPSA) is 0 Å². The summed E-state index contributed by atoms with van der Waals surface area (Å²) in [4.78, 5) is 0. The summed E-state index contributed by atoms with van der Waals surface area (Å²) in [6.45, 7) is 0. The molecule has 11 rings (SSSR count). The molecule has 0 N–H and O–H groups in total. The van der Waals surface area contributed by atoms with Crippen LogP contribution in [0.4, 0.5) is 0 Å². The van der Waals surface area contributed by atoms with Gasteiger partial charge in [0, 0.05) is 0 Å². The highest BCUT2D eigenvalue weighted by Gasteiger charge is 2.21. The van der Waals surface area contributed by atoms with E-state index in [9.17, 15) is 0 Å². The van der Waals surface area contributed by atoms with E-state index in [0.29, 0.717) is 0 Å². The molecule has 0 saturated heterocycles. The molecule has 0 fully saturated rings. The molecule has 0 heteroatoms. The van der Waals surface area contributed by atoms with Crippen molar-refractivity contribution in [2.24, 2.45) is 0 Å². The van der Waals surface area contributed by atoms with Crippen molar-refractivity contribution in [3.8, 4) is 55.6 Å². The second kappa shape index (κ2) is 12.3. The number of hydrogen-bond donors (Lipinski definition) is 0. The zero-order valence-corrected chi connectivity index (χ0v) is 29.6. The Bertz CT molecular complexity index is 3170. The predicted molar refractivity (Wildman–Crippen MR) is 232 cm³/mol. The smallest absolute Gasteiger partial charge is 0.00139 e. The van der Waals surface area contributed by atoms with Crippen LogP contribution < -0.4 is 0 Å². The first-order valence-electron chi connectivity index (χ1n) is 18.8. The quantitative estimate of drug-likeness (QED) is 0.159. The molecular formula is C54H34. The van der Waals surface area contributed by atoms with Gasteiger partial charge in [-0.2, -0.15) is 0 Å². The Morgan fingerprint density at radius 3 is 1.17 bits per heavy atom. The second-order valence-electron chi connectivity index (χ2n) is 14.4. The maximum Gasteiger partial charge on any atom is -0.00139 e. The zero-order chi connectivity index (χ0) is 35.6. The van der Waals surface area contributed by atoms with Crippen LogP contribution in [0.5, 0.6) is 0 Å². The van der Waals surface area contributed by atoms with Crippen molar-refractivity contribution in [3.05, 3.63) is 206 Å². The Balaban J connectivity index is 1.21. The molecule has 11 aromatic carbocycles. The van der Waals surface area contributed by atoms with Gasteiger partial charge >= 0.3 is 0 Å². The fraction of sp³-hybridized carbons (Fsp3) is 0. The Morgan fingerprint density at radius 2 is 0.593 bits per heavy atom. The van der Waals surface area contributed by atoms with E-state index in [1.54, 1.807) is 0 Å². The lowest BCUT2D eigenvalue weighted by atomic mass is 9.81. The van der Waals surface area contributed by atoms with Gasteiger partial charge in [-0.1, -0.05) is 188 Å². The van der Waals surface area contributed by atoms with Crippen LogP contribution in [0.25, 0.3) is 109 Å². The van der Waals surface area contributed by atoms with E-state index in [1.165, 1.54) is 109 Å². The summed E-state index contributed by atoms with van der Waals surface area (Å²) >= 11 is 0. The van der Waals surface area contributed by atoms with Crippen molar-refractivity contribution < 1.29 is 0 Å². The third-order valence-corrected chi connectivity index (χ3v) is 11.4. The normalized spacial score (nSPS) is 11.7. The molecular weight excluding hydrogens is 649 g/mol. The molecule has 0 radical (unpaired) electrons. The summed E-state index contributed by atoms with van der Waals surface area (Å²) < 4.78 is 0. The lowest BCUT2D eigenvalue weighted by molar-refractivity contribution is 1.61. The molecule has 0 spiro atoms. The molecule has 0 unspecified atom stereocenters. The SMILES string of the molecule is c1ccc(-c2cc(-c3ccc(-c4cccc5ccccc45)cc3)c3ccc4c(-c5ccccc5)cc(-c5ccc6ccccc6c5)c5ccc2c3c45)cc1. The highest BCUT2D eigenvalue weighted by molar-refractivity contribution is 6.32. The molecule has 0 heterocycles. The zero-order valence-electron chi connectivity index (χ0n) is 29.6. The number of benzene rings is 11. The maximum absolute atomic E-state index is 2.42. The molecule has 0 aromatic heterocycles. The molecule has 0 saturated carbocycles. The summed E-state index contributed by atoms with van der Waals surface area (Å²) in [5, 5.41) is 12.8. The van der Waals surface area contributed by atoms with Crippen molar-refractivity contribution in [3.63, 3.8) is 0 Å². The van der Waals surface area contributed by atoms with Crippen LogP contribution in [0.3, 0.4) is 0 Å². The lowest BCUT2D eigenvalue weighted by Crippen LogP contribution is -1.94. The monoisotopic (exact) mass is 682 g/mol. The van der Waals surface area contributed by atoms with Crippen molar-refractivity contribution >= 4 is 53.9 Å². The average Bonchev–Trinajstić information content (AvgIpc) is 3.25. The molecule has 54 heavy (non-hydrogen) atoms. The van der Waals surface area contributed by atoms with Gasteiger partial charge in [-0.15, -0.1) is 0 Å². The average molecular weight is 683 g/mol. The van der Waals surface area contributed by atoms with E-state index in [4.69, 9.17) is 0 Å². The predicted octanol–water partition coefficient (Wildman–Crippen LogP) is 15.2. The van der Waals surface area contributed by atoms with Crippen molar-refractivity contribution in [2.75, 3.05) is 0 Å². The van der Waals surface area contributed by atoms with Gasteiger partial charge in [0.25, 0.3) is 0 Å². The van der Waals surface area contributed by atoms with Crippen molar-refractivity contribution in [2.45, 2.75) is 0 Å². The molecule has 0 bridgehead atoms. The van der Waals surface area contributed by atoms with E-state index >= 15 is 0 Å². The number of hydrogen-bond acceptors (Lipinski definition) is 0. The maximum atomic E-state index is 2.42. The minimum Gasteiger partial charge on any atom is -0.0622 e. The minimum atomic E-state index is 1.21. The van der Waals surface area contributed by atoms with Gasteiger partial charge in [0.2, 0.25) is 0 Å². The number of rotatable bonds is 5. The number of fused-ring (bicyclic) bond motifs is 2. The highest BCUT2D eigenvalue weighted by atomic mass is 14.2. The van der Waals surface area contributed by atoms with E-state index in [-0.39, 0.29) is 0 Å². The third-order valence-electron chi connectivity index (χ3n) is 11.4. The van der Waals surface area contributed by atoms with Crippen LogP contribution in [0.1, 0.15) is 0 Å². The van der Waals surface area contributed by atoms with Crippen LogP contribution in [0.15, 0.2) is 206 Å². The molecule has 0 aliphatic heterocycles. The second-order valence-corrected chi connectivity index (χ2v) is 14.4. The summed E-state index contributed by atoms with van der Waals surface area (Å²) in [5.74, 6) is 0. The largest absolute Gasteiger partial charge is 0.0622 e. The van der Waals surface area contributed by atoms with Crippen LogP contribution in [0, 0.1) is 0 Å².